The van der Waals surface area contributed by atoms with Crippen LogP contribution in [0.5, 0.6) is 0 Å². The van der Waals surface area contributed by atoms with Crippen molar-refractivity contribution in [3.8, 4) is 0 Å². The van der Waals surface area contributed by atoms with E-state index in [1.165, 1.54) is 4.90 Å². The van der Waals surface area contributed by atoms with Crippen LogP contribution in [0.25, 0.3) is 0 Å². The number of urea groups is 1. The lowest BCUT2D eigenvalue weighted by Crippen LogP contribution is -2.44. The molecular weight excluding hydrogens is 327 g/mol. The molecule has 0 aromatic heterocycles. The molecule has 1 atom stereocenters. The average molecular weight is 351 g/mol. The van der Waals surface area contributed by atoms with E-state index in [9.17, 15) is 22.8 Å². The first-order valence-corrected chi connectivity index (χ1v) is 8.07. The maximum absolute atomic E-state index is 12.2. The van der Waals surface area contributed by atoms with E-state index in [1.54, 1.807) is 0 Å². The van der Waals surface area contributed by atoms with E-state index in [1.807, 2.05) is 13.8 Å². The third-order valence-electron chi connectivity index (χ3n) is 4.31. The molecule has 3 amide bonds. The summed E-state index contributed by atoms with van der Waals surface area (Å²) >= 11 is 0. The fourth-order valence-corrected chi connectivity index (χ4v) is 3.07. The minimum atomic E-state index is -4.31. The van der Waals surface area contributed by atoms with Gasteiger partial charge in [-0.25, -0.2) is 4.79 Å². The smallest absolute Gasteiger partial charge is 0.376 e. The zero-order chi connectivity index (χ0) is 18.0. The van der Waals surface area contributed by atoms with E-state index in [-0.39, 0.29) is 24.7 Å². The molecule has 9 heteroatoms. The van der Waals surface area contributed by atoms with Gasteiger partial charge in [0.1, 0.15) is 6.54 Å². The van der Waals surface area contributed by atoms with Gasteiger partial charge in [-0.3, -0.25) is 9.69 Å². The Balaban J connectivity index is 1.76. The maximum atomic E-state index is 12.2. The number of carbonyl (C=O) groups excluding carboxylic acids is 2. The molecule has 6 nitrogen and oxygen atoms in total. The summed E-state index contributed by atoms with van der Waals surface area (Å²) in [6, 6.07) is -0.415. The van der Waals surface area contributed by atoms with Crippen LogP contribution in [0.4, 0.5) is 18.0 Å². The molecule has 0 aromatic carbocycles. The molecule has 138 valence electrons. The molecule has 1 N–H and O–H groups in total. The predicted octanol–water partition coefficient (Wildman–Crippen LogP) is 1.96. The van der Waals surface area contributed by atoms with Crippen LogP contribution in [0.1, 0.15) is 33.1 Å². The number of amides is 3. The van der Waals surface area contributed by atoms with Gasteiger partial charge in [-0.1, -0.05) is 0 Å². The van der Waals surface area contributed by atoms with E-state index in [2.05, 4.69) is 5.32 Å². The second-order valence-corrected chi connectivity index (χ2v) is 7.01. The van der Waals surface area contributed by atoms with Crippen LogP contribution >= 0.6 is 0 Å². The van der Waals surface area contributed by atoms with Crippen LogP contribution in [0, 0.1) is 5.92 Å². The summed E-state index contributed by atoms with van der Waals surface area (Å²) in [7, 11) is 0. The monoisotopic (exact) mass is 351 g/mol. The Morgan fingerprint density at radius 3 is 2.75 bits per heavy atom. The first kappa shape index (κ1) is 18.8. The van der Waals surface area contributed by atoms with Crippen molar-refractivity contribution in [2.24, 2.45) is 5.92 Å². The number of halogens is 3. The molecule has 0 radical (unpaired) electrons. The van der Waals surface area contributed by atoms with Crippen molar-refractivity contribution in [2.75, 3.05) is 32.9 Å². The SMILES string of the molecule is CC1(C)CC(CNC(=O)N2CC(=O)N(CCC(F)(F)F)C2)CCO1. The lowest BCUT2D eigenvalue weighted by Gasteiger charge is -2.35. The molecule has 0 saturated carbocycles. The highest BCUT2D eigenvalue weighted by Gasteiger charge is 2.35. The minimum absolute atomic E-state index is 0.0972. The van der Waals surface area contributed by atoms with Gasteiger partial charge < -0.3 is 15.0 Å². The van der Waals surface area contributed by atoms with Crippen LogP contribution in [-0.4, -0.2) is 66.4 Å². The molecule has 2 aliphatic rings. The lowest BCUT2D eigenvalue weighted by atomic mass is 9.88. The Morgan fingerprint density at radius 2 is 2.12 bits per heavy atom. The first-order valence-electron chi connectivity index (χ1n) is 8.07. The Morgan fingerprint density at radius 1 is 1.42 bits per heavy atom. The fourth-order valence-electron chi connectivity index (χ4n) is 3.07. The standard InChI is InChI=1S/C15H24F3N3O3/c1-14(2)7-11(3-6-24-14)8-19-13(23)21-9-12(22)20(10-21)5-4-15(16,17)18/h11H,3-10H2,1-2H3,(H,19,23). The van der Waals surface area contributed by atoms with Crippen molar-refractivity contribution in [3.63, 3.8) is 0 Å². The van der Waals surface area contributed by atoms with Gasteiger partial charge in [-0.15, -0.1) is 0 Å². The van der Waals surface area contributed by atoms with Crippen molar-refractivity contribution >= 4 is 11.9 Å². The molecule has 24 heavy (non-hydrogen) atoms. The topological polar surface area (TPSA) is 61.9 Å². The summed E-state index contributed by atoms with van der Waals surface area (Å²) in [5, 5.41) is 2.78. The highest BCUT2D eigenvalue weighted by atomic mass is 19.4. The van der Waals surface area contributed by atoms with Gasteiger partial charge in [0.05, 0.1) is 18.7 Å². The van der Waals surface area contributed by atoms with Gasteiger partial charge in [-0.05, 0) is 32.6 Å². The van der Waals surface area contributed by atoms with E-state index < -0.39 is 31.1 Å². The van der Waals surface area contributed by atoms with Gasteiger partial charge in [0.2, 0.25) is 5.91 Å². The van der Waals surface area contributed by atoms with Crippen LogP contribution in [-0.2, 0) is 9.53 Å². The Kier molecular flexibility index (Phi) is 5.62. The number of nitrogens with one attached hydrogen (secondary N) is 1. The van der Waals surface area contributed by atoms with Crippen molar-refractivity contribution in [1.82, 2.24) is 15.1 Å². The third kappa shape index (κ3) is 5.54. The molecule has 2 saturated heterocycles. The normalized spacial score (nSPS) is 24.4. The summed E-state index contributed by atoms with van der Waals surface area (Å²) in [6.07, 6.45) is -3.71. The van der Waals surface area contributed by atoms with Gasteiger partial charge in [0.15, 0.2) is 0 Å². The highest BCUT2D eigenvalue weighted by Crippen LogP contribution is 2.28. The quantitative estimate of drug-likeness (QED) is 0.842. The predicted molar refractivity (Wildman–Crippen MR) is 80.1 cm³/mol. The van der Waals surface area contributed by atoms with Gasteiger partial charge in [-0.2, -0.15) is 13.2 Å². The number of nitrogens with zero attached hydrogens (tertiary/aromatic N) is 2. The number of ether oxygens (including phenoxy) is 1. The summed E-state index contributed by atoms with van der Waals surface area (Å²) in [5.74, 6) is -0.168. The summed E-state index contributed by atoms with van der Waals surface area (Å²) in [6.45, 7) is 4.42. The Labute approximate surface area is 139 Å². The van der Waals surface area contributed by atoms with Gasteiger partial charge in [0.25, 0.3) is 0 Å². The van der Waals surface area contributed by atoms with Crippen molar-refractivity contribution in [2.45, 2.75) is 44.9 Å². The lowest BCUT2D eigenvalue weighted by molar-refractivity contribution is -0.142. The van der Waals surface area contributed by atoms with E-state index in [0.717, 1.165) is 17.7 Å². The molecule has 0 bridgehead atoms. The van der Waals surface area contributed by atoms with Gasteiger partial charge in [0, 0.05) is 19.7 Å². The van der Waals surface area contributed by atoms with E-state index >= 15 is 0 Å². The molecule has 2 heterocycles. The van der Waals surface area contributed by atoms with Crippen LogP contribution in [0.15, 0.2) is 0 Å². The summed E-state index contributed by atoms with van der Waals surface area (Å²) < 4.78 is 42.3. The largest absolute Gasteiger partial charge is 0.390 e. The van der Waals surface area contributed by atoms with E-state index in [0.29, 0.717) is 13.2 Å². The minimum Gasteiger partial charge on any atom is -0.376 e. The van der Waals surface area contributed by atoms with Crippen molar-refractivity contribution in [3.05, 3.63) is 0 Å². The summed E-state index contributed by atoms with van der Waals surface area (Å²) in [4.78, 5) is 26.1. The van der Waals surface area contributed by atoms with Gasteiger partial charge >= 0.3 is 12.2 Å². The first-order chi connectivity index (χ1) is 11.1. The zero-order valence-corrected chi connectivity index (χ0v) is 14.0. The zero-order valence-electron chi connectivity index (χ0n) is 14.0. The number of carbonyl (C=O) groups is 2. The van der Waals surface area contributed by atoms with Crippen molar-refractivity contribution < 1.29 is 27.5 Å². The van der Waals surface area contributed by atoms with E-state index in [4.69, 9.17) is 4.74 Å². The second-order valence-electron chi connectivity index (χ2n) is 7.01. The maximum Gasteiger partial charge on any atom is 0.390 e. The number of alkyl halides is 3. The van der Waals surface area contributed by atoms with Crippen molar-refractivity contribution in [1.29, 1.82) is 0 Å². The number of hydrogen-bond acceptors (Lipinski definition) is 3. The molecule has 1 unspecified atom stereocenters. The van der Waals surface area contributed by atoms with Crippen LogP contribution in [0.2, 0.25) is 0 Å². The fraction of sp³-hybridized carbons (Fsp3) is 0.867. The Bertz CT molecular complexity index is 482. The van der Waals surface area contributed by atoms with Crippen LogP contribution < -0.4 is 5.32 Å². The molecule has 0 aliphatic carbocycles. The molecule has 0 aromatic rings. The highest BCUT2D eigenvalue weighted by molar-refractivity contribution is 5.87. The van der Waals surface area contributed by atoms with Crippen LogP contribution in [0.3, 0.4) is 0 Å². The molecule has 2 fully saturated rings. The molecule has 2 aliphatic heterocycles. The molecular formula is C15H24F3N3O3. The number of rotatable bonds is 4. The summed E-state index contributed by atoms with van der Waals surface area (Å²) in [5.41, 5.74) is -0.217. The molecule has 2 rings (SSSR count). The number of hydrogen-bond donors (Lipinski definition) is 1. The third-order valence-corrected chi connectivity index (χ3v) is 4.31. The Hall–Kier alpha value is -1.51. The second kappa shape index (κ2) is 7.16. The average Bonchev–Trinajstić information content (AvgIpc) is 2.82. The molecule has 0 spiro atoms.